The fourth-order valence-corrected chi connectivity index (χ4v) is 1.58. The van der Waals surface area contributed by atoms with Gasteiger partial charge in [0.15, 0.2) is 0 Å². The van der Waals surface area contributed by atoms with Crippen LogP contribution in [-0.4, -0.2) is 13.2 Å². The van der Waals surface area contributed by atoms with Gasteiger partial charge in [-0.05, 0) is 12.3 Å². The van der Waals surface area contributed by atoms with E-state index >= 15 is 0 Å². The van der Waals surface area contributed by atoms with Crippen molar-refractivity contribution in [3.05, 3.63) is 12.2 Å². The lowest BCUT2D eigenvalue weighted by atomic mass is 9.78. The molecule has 0 saturated carbocycles. The van der Waals surface area contributed by atoms with Gasteiger partial charge >= 0.3 is 0 Å². The molecule has 1 atom stereocenters. The normalized spacial score (nSPS) is 30.5. The third-order valence-electron chi connectivity index (χ3n) is 2.30. The molecule has 0 aliphatic carbocycles. The summed E-state index contributed by atoms with van der Waals surface area (Å²) in [5.41, 5.74) is 1.56. The van der Waals surface area contributed by atoms with Gasteiger partial charge in [-0.2, -0.15) is 0 Å². The summed E-state index contributed by atoms with van der Waals surface area (Å²) in [6.07, 6.45) is 0. The molecule has 1 saturated heterocycles. The lowest BCUT2D eigenvalue weighted by molar-refractivity contribution is 0.166. The monoisotopic (exact) mass is 140 g/mol. The molecule has 1 nitrogen and oxygen atoms in total. The van der Waals surface area contributed by atoms with Crippen LogP contribution in [0, 0.1) is 11.3 Å². The summed E-state index contributed by atoms with van der Waals surface area (Å²) in [5.74, 6) is 0.562. The van der Waals surface area contributed by atoms with Crippen LogP contribution in [0.4, 0.5) is 0 Å². The highest BCUT2D eigenvalue weighted by Gasteiger charge is 2.35. The van der Waals surface area contributed by atoms with Gasteiger partial charge in [-0.25, -0.2) is 0 Å². The van der Waals surface area contributed by atoms with Crippen LogP contribution in [0.2, 0.25) is 0 Å². The smallest absolute Gasteiger partial charge is 0.0537 e. The van der Waals surface area contributed by atoms with E-state index in [1.54, 1.807) is 0 Å². The van der Waals surface area contributed by atoms with E-state index in [9.17, 15) is 0 Å². The predicted molar refractivity (Wildman–Crippen MR) is 42.9 cm³/mol. The summed E-state index contributed by atoms with van der Waals surface area (Å²) < 4.78 is 5.37. The Bertz CT molecular complexity index is 147. The molecule has 0 aromatic carbocycles. The first-order chi connectivity index (χ1) is 4.54. The highest BCUT2D eigenvalue weighted by atomic mass is 16.5. The lowest BCUT2D eigenvalue weighted by Crippen LogP contribution is -2.22. The van der Waals surface area contributed by atoms with E-state index in [-0.39, 0.29) is 0 Å². The molecule has 1 heterocycles. The van der Waals surface area contributed by atoms with E-state index in [0.717, 1.165) is 13.2 Å². The van der Waals surface area contributed by atoms with Crippen molar-refractivity contribution in [2.75, 3.05) is 13.2 Å². The molecule has 1 heteroatoms. The van der Waals surface area contributed by atoms with Crippen molar-refractivity contribution < 1.29 is 4.74 Å². The van der Waals surface area contributed by atoms with Gasteiger partial charge in [0.1, 0.15) is 0 Å². The fourth-order valence-electron chi connectivity index (χ4n) is 1.58. The van der Waals surface area contributed by atoms with Crippen molar-refractivity contribution in [2.45, 2.75) is 20.8 Å². The number of ether oxygens (including phenoxy) is 1. The minimum absolute atomic E-state index is 0.311. The zero-order chi connectivity index (χ0) is 7.78. The fraction of sp³-hybridized carbons (Fsp3) is 0.778. The molecule has 0 radical (unpaired) electrons. The summed E-state index contributed by atoms with van der Waals surface area (Å²) in [4.78, 5) is 0. The Morgan fingerprint density at radius 3 is 2.40 bits per heavy atom. The maximum Gasteiger partial charge on any atom is 0.0537 e. The van der Waals surface area contributed by atoms with Gasteiger partial charge < -0.3 is 4.74 Å². The van der Waals surface area contributed by atoms with Crippen molar-refractivity contribution >= 4 is 0 Å². The minimum Gasteiger partial charge on any atom is -0.380 e. The number of hydrogen-bond donors (Lipinski definition) is 0. The molecular weight excluding hydrogens is 124 g/mol. The second-order valence-electron chi connectivity index (χ2n) is 3.90. The van der Waals surface area contributed by atoms with Crippen molar-refractivity contribution in [1.29, 1.82) is 0 Å². The van der Waals surface area contributed by atoms with Crippen molar-refractivity contribution in [3.8, 4) is 0 Å². The SMILES string of the molecule is C=C(C)C1COCC1(C)C. The van der Waals surface area contributed by atoms with Gasteiger partial charge in [-0.15, -0.1) is 0 Å². The van der Waals surface area contributed by atoms with E-state index in [0.29, 0.717) is 11.3 Å². The molecule has 0 amide bonds. The second kappa shape index (κ2) is 2.39. The quantitative estimate of drug-likeness (QED) is 0.507. The Kier molecular flexibility index (Phi) is 1.86. The molecule has 1 aliphatic heterocycles. The molecule has 0 spiro atoms. The maximum absolute atomic E-state index is 5.37. The summed E-state index contributed by atoms with van der Waals surface area (Å²) in [6, 6.07) is 0. The second-order valence-corrected chi connectivity index (χ2v) is 3.90. The lowest BCUT2D eigenvalue weighted by Gasteiger charge is -2.24. The largest absolute Gasteiger partial charge is 0.380 e. The zero-order valence-corrected chi connectivity index (χ0v) is 7.11. The van der Waals surface area contributed by atoms with Crippen LogP contribution in [0.3, 0.4) is 0 Å². The third-order valence-corrected chi connectivity index (χ3v) is 2.30. The standard InChI is InChI=1S/C9H16O/c1-7(2)8-5-10-6-9(8,3)4/h8H,1,5-6H2,2-4H3. The van der Waals surface area contributed by atoms with E-state index in [1.807, 2.05) is 0 Å². The molecule has 1 aliphatic rings. The topological polar surface area (TPSA) is 9.23 Å². The molecular formula is C9H16O. The van der Waals surface area contributed by atoms with E-state index < -0.39 is 0 Å². The van der Waals surface area contributed by atoms with Crippen LogP contribution in [-0.2, 0) is 4.74 Å². The first-order valence-corrected chi connectivity index (χ1v) is 3.77. The highest BCUT2D eigenvalue weighted by molar-refractivity contribution is 5.04. The van der Waals surface area contributed by atoms with Crippen molar-refractivity contribution in [2.24, 2.45) is 11.3 Å². The van der Waals surface area contributed by atoms with Crippen LogP contribution in [0.1, 0.15) is 20.8 Å². The molecule has 0 N–H and O–H groups in total. The average molecular weight is 140 g/mol. The molecule has 1 unspecified atom stereocenters. The van der Waals surface area contributed by atoms with Crippen molar-refractivity contribution in [3.63, 3.8) is 0 Å². The van der Waals surface area contributed by atoms with Crippen LogP contribution < -0.4 is 0 Å². The molecule has 1 fully saturated rings. The van der Waals surface area contributed by atoms with Crippen LogP contribution >= 0.6 is 0 Å². The van der Waals surface area contributed by atoms with E-state index in [4.69, 9.17) is 4.74 Å². The van der Waals surface area contributed by atoms with E-state index in [1.165, 1.54) is 5.57 Å². The summed E-state index contributed by atoms with van der Waals surface area (Å²) in [7, 11) is 0. The first kappa shape index (κ1) is 7.80. The number of hydrogen-bond acceptors (Lipinski definition) is 1. The van der Waals surface area contributed by atoms with Crippen LogP contribution in [0.25, 0.3) is 0 Å². The Morgan fingerprint density at radius 2 is 2.20 bits per heavy atom. The van der Waals surface area contributed by atoms with Gasteiger partial charge in [0.25, 0.3) is 0 Å². The maximum atomic E-state index is 5.37. The number of rotatable bonds is 1. The first-order valence-electron chi connectivity index (χ1n) is 3.77. The average Bonchev–Trinajstić information content (AvgIpc) is 2.08. The Balaban J connectivity index is 2.68. The predicted octanol–water partition coefficient (Wildman–Crippen LogP) is 2.24. The van der Waals surface area contributed by atoms with Gasteiger partial charge in [-0.3, -0.25) is 0 Å². The van der Waals surface area contributed by atoms with Gasteiger partial charge in [0.05, 0.1) is 13.2 Å². The van der Waals surface area contributed by atoms with Gasteiger partial charge in [-0.1, -0.05) is 26.0 Å². The third kappa shape index (κ3) is 1.24. The molecule has 1 rings (SSSR count). The van der Waals surface area contributed by atoms with Gasteiger partial charge in [0.2, 0.25) is 0 Å². The Labute approximate surface area is 63.1 Å². The van der Waals surface area contributed by atoms with Gasteiger partial charge in [0, 0.05) is 5.92 Å². The molecule has 10 heavy (non-hydrogen) atoms. The molecule has 0 aromatic heterocycles. The molecule has 58 valence electrons. The van der Waals surface area contributed by atoms with E-state index in [2.05, 4.69) is 27.4 Å². The van der Waals surface area contributed by atoms with Crippen molar-refractivity contribution in [1.82, 2.24) is 0 Å². The molecule has 0 bridgehead atoms. The van der Waals surface area contributed by atoms with Crippen LogP contribution in [0.15, 0.2) is 12.2 Å². The highest BCUT2D eigenvalue weighted by Crippen LogP contribution is 2.37. The zero-order valence-electron chi connectivity index (χ0n) is 7.11. The Hall–Kier alpha value is -0.300. The summed E-state index contributed by atoms with van der Waals surface area (Å²) >= 11 is 0. The summed E-state index contributed by atoms with van der Waals surface area (Å²) in [5, 5.41) is 0. The Morgan fingerprint density at radius 1 is 1.60 bits per heavy atom. The molecule has 0 aromatic rings. The minimum atomic E-state index is 0.311. The summed E-state index contributed by atoms with van der Waals surface area (Å²) in [6.45, 7) is 12.3. The van der Waals surface area contributed by atoms with Crippen LogP contribution in [0.5, 0.6) is 0 Å².